The number of aromatic carboxylic acids is 1. The molecule has 3 aliphatic rings. The van der Waals surface area contributed by atoms with Gasteiger partial charge in [-0.1, -0.05) is 98.9 Å². The van der Waals surface area contributed by atoms with Crippen LogP contribution in [0.25, 0.3) is 0 Å². The highest BCUT2D eigenvalue weighted by atomic mass is 35.5. The highest BCUT2D eigenvalue weighted by Crippen LogP contribution is 2.51. The van der Waals surface area contributed by atoms with Gasteiger partial charge in [0.05, 0.1) is 22.2 Å². The first-order valence-corrected chi connectivity index (χ1v) is 37.6. The van der Waals surface area contributed by atoms with Gasteiger partial charge in [0.1, 0.15) is 5.60 Å². The van der Waals surface area contributed by atoms with E-state index in [1.54, 1.807) is 106 Å². The lowest BCUT2D eigenvalue weighted by Crippen LogP contribution is -2.43. The number of ether oxygens (including phenoxy) is 4. The summed E-state index contributed by atoms with van der Waals surface area (Å²) in [7, 11) is 0. The molecule has 40 heteroatoms. The Morgan fingerprint density at radius 3 is 0.924 bits per heavy atom. The van der Waals surface area contributed by atoms with E-state index in [9.17, 15) is 58.7 Å². The fourth-order valence-corrected chi connectivity index (χ4v) is 11.3. The molecule has 3 aliphatic carbocycles. The number of aromatic nitrogens is 9. The van der Waals surface area contributed by atoms with Gasteiger partial charge >= 0.3 is 48.6 Å². The van der Waals surface area contributed by atoms with Crippen LogP contribution in [0.5, 0.6) is 18.0 Å². The van der Waals surface area contributed by atoms with Crippen LogP contribution in [-0.2, 0) is 21.4 Å². The molecule has 118 heavy (non-hydrogen) atoms. The van der Waals surface area contributed by atoms with E-state index in [1.807, 2.05) is 64.1 Å². The van der Waals surface area contributed by atoms with Crippen molar-refractivity contribution in [1.82, 2.24) is 60.8 Å². The van der Waals surface area contributed by atoms with Gasteiger partial charge in [-0.2, -0.15) is 84.4 Å². The Hall–Kier alpha value is -11.6. The van der Waals surface area contributed by atoms with Crippen LogP contribution in [0.15, 0.2) is 146 Å². The first kappa shape index (κ1) is 88.8. The van der Waals surface area contributed by atoms with Crippen molar-refractivity contribution in [3.8, 4) is 18.0 Å². The first-order chi connectivity index (χ1) is 55.4. The summed E-state index contributed by atoms with van der Waals surface area (Å²) in [5, 5.41) is 37.5. The number of alkyl halides is 9. The Balaban J connectivity index is 0.000000189. The quantitative estimate of drug-likeness (QED) is 0.0180. The van der Waals surface area contributed by atoms with Crippen molar-refractivity contribution < 1.29 is 82.7 Å². The van der Waals surface area contributed by atoms with E-state index in [-0.39, 0.29) is 71.6 Å². The van der Waals surface area contributed by atoms with E-state index in [4.69, 9.17) is 64.6 Å². The zero-order valence-corrected chi connectivity index (χ0v) is 66.7. The molecule has 3 saturated carbocycles. The summed E-state index contributed by atoms with van der Waals surface area (Å²) in [5.41, 5.74) is 8.03. The summed E-state index contributed by atoms with van der Waals surface area (Å²) in [6, 6.07) is 38.7. The Morgan fingerprint density at radius 2 is 0.661 bits per heavy atom. The number of nitrogens with two attached hydrogens (primary N) is 1. The van der Waals surface area contributed by atoms with Crippen molar-refractivity contribution in [2.75, 3.05) is 77.9 Å². The highest BCUT2D eigenvalue weighted by Gasteiger charge is 2.48. The zero-order chi connectivity index (χ0) is 85.7. The molecule has 0 saturated heterocycles. The highest BCUT2D eigenvalue weighted by molar-refractivity contribution is 6.31. The molecular formula is C78H83Cl3F9N19O9. The molecular weight excluding hydrogens is 1620 g/mol. The number of hydrogen-bond acceptors (Lipinski definition) is 24. The SMILES string of the molecule is CC(C)(CN)CNC(=O)c1ccc(Nc2nc(NC3(c4ccc(Cl)cc4)CC3)nc(OCC(F)(F)F)n2)cc1.CC(C)(CNC(=O)OC(C)(C)C)CNC(=O)c1ccc(Nc2nc(NC3(c4ccc(Cl)cc4)CC3)nc(OCC(F)(F)F)n2)cc1.O=C(O)c1ccc(Nc2nc(NC3(c4ccc(Cl)cc4)CC3)nc(OCC(F)(F)F)n2)cc1. The molecule has 3 fully saturated rings. The van der Waals surface area contributed by atoms with Crippen molar-refractivity contribution in [2.45, 2.75) is 128 Å². The fraction of sp³-hybridized carbons (Fsp3) is 0.372. The molecule has 28 nitrogen and oxygen atoms in total. The number of halogens is 12. The summed E-state index contributed by atoms with van der Waals surface area (Å²) in [5.74, 6) is -1.72. The number of hydrogen-bond donors (Lipinski definition) is 11. The third-order valence-electron chi connectivity index (χ3n) is 17.7. The maximum atomic E-state index is 12.9. The number of amides is 3. The van der Waals surface area contributed by atoms with Crippen LogP contribution in [0.2, 0.25) is 15.1 Å². The predicted octanol–water partition coefficient (Wildman–Crippen LogP) is 16.6. The Kier molecular flexibility index (Phi) is 27.8. The lowest BCUT2D eigenvalue weighted by Gasteiger charge is -2.26. The number of carboxylic acid groups (broad SMARTS) is 1. The van der Waals surface area contributed by atoms with Crippen molar-refractivity contribution >= 4 is 111 Å². The zero-order valence-electron chi connectivity index (χ0n) is 64.4. The molecule has 12 N–H and O–H groups in total. The number of rotatable bonds is 31. The van der Waals surface area contributed by atoms with E-state index in [0.29, 0.717) is 56.3 Å². The second-order valence-electron chi connectivity index (χ2n) is 30.3. The largest absolute Gasteiger partial charge is 0.478 e. The molecule has 628 valence electrons. The number of anilines is 9. The molecule has 12 rings (SSSR count). The van der Waals surface area contributed by atoms with Gasteiger partial charge in [-0.05, 0) is 203 Å². The molecule has 6 aromatic carbocycles. The first-order valence-electron chi connectivity index (χ1n) is 36.5. The number of carboxylic acids is 1. The Bertz CT molecular complexity index is 4950. The van der Waals surface area contributed by atoms with Crippen LogP contribution in [0.3, 0.4) is 0 Å². The van der Waals surface area contributed by atoms with Gasteiger partial charge in [0.15, 0.2) is 19.8 Å². The van der Waals surface area contributed by atoms with Crippen LogP contribution >= 0.6 is 34.8 Å². The van der Waals surface area contributed by atoms with Crippen LogP contribution in [0, 0.1) is 10.8 Å². The number of alkyl carbamates (subject to hydrolysis) is 1. The molecule has 0 radical (unpaired) electrons. The minimum absolute atomic E-state index is 0.0271. The molecule has 0 unspecified atom stereocenters. The Labute approximate surface area is 685 Å². The molecule has 3 amide bonds. The van der Waals surface area contributed by atoms with Crippen LogP contribution in [0.1, 0.15) is 135 Å². The molecule has 9 aromatic rings. The number of benzene rings is 6. The second kappa shape index (κ2) is 36.9. The summed E-state index contributed by atoms with van der Waals surface area (Å²) in [4.78, 5) is 85.2. The molecule has 0 bridgehead atoms. The summed E-state index contributed by atoms with van der Waals surface area (Å²) < 4.78 is 135. The summed E-state index contributed by atoms with van der Waals surface area (Å²) in [6.45, 7) is 9.71. The van der Waals surface area contributed by atoms with Gasteiger partial charge in [-0.25, -0.2) is 9.59 Å². The lowest BCUT2D eigenvalue weighted by molar-refractivity contribution is -0.155. The van der Waals surface area contributed by atoms with Crippen LogP contribution in [-0.4, -0.2) is 144 Å². The third-order valence-corrected chi connectivity index (χ3v) is 18.5. The topological polar surface area (TPSA) is 376 Å². The van der Waals surface area contributed by atoms with Crippen LogP contribution < -0.4 is 67.8 Å². The monoisotopic (exact) mass is 1710 g/mol. The predicted molar refractivity (Wildman–Crippen MR) is 424 cm³/mol. The van der Waals surface area contributed by atoms with E-state index in [1.165, 1.54) is 24.3 Å². The third kappa shape index (κ3) is 27.8. The number of nitrogens with one attached hydrogen (secondary N) is 9. The van der Waals surface area contributed by atoms with Gasteiger partial charge in [0.2, 0.25) is 35.7 Å². The maximum absolute atomic E-state index is 12.9. The van der Waals surface area contributed by atoms with Gasteiger partial charge in [-0.3, -0.25) is 9.59 Å². The van der Waals surface area contributed by atoms with Crippen molar-refractivity contribution in [3.05, 3.63) is 194 Å². The number of carbonyl (C=O) groups excluding carboxylic acids is 3. The van der Waals surface area contributed by atoms with Gasteiger partial charge in [0, 0.05) is 62.9 Å². The molecule has 3 heterocycles. The standard InChI is InChI=1S/C31H37ClF3N7O4.C26H29ClF3N7O2.C21H17ClF3N5O3/c1-28(2,3)46-27(44)37-17-29(4,5)16-36-23(43)19-6-12-22(13-7-19)38-24-39-25(41-26(40-24)45-18-31(33,34)35)42-30(14-15-30)20-8-10-21(32)11-9-20;1-24(2,13-31)14-32-20(38)16-3-9-19(10-4-16)33-21-34-22(36-23(35-21)39-15-26(28,29)30)37-25(11-12-25)17-5-7-18(27)8-6-17;22-14-5-3-13(4-6-14)20(9-10-20)30-18-27-17(28-19(29-18)33-11-21(23,24)25)26-15-7-1-12(2-8-15)16(31)32/h6-13H,14-18H2,1-5H3,(H,36,43)(H,37,44)(H2,38,39,40,41,42);3-10H,11-15,31H2,1-2H3,(H,32,38)(H2,33,34,35,36,37);1-8H,9-11H2,(H,31,32)(H2,26,27,28,29,30). The minimum atomic E-state index is -4.59. The minimum Gasteiger partial charge on any atom is -0.478 e. The average Bonchev–Trinajstić information content (AvgIpc) is 1.62. The maximum Gasteiger partial charge on any atom is 0.422 e. The van der Waals surface area contributed by atoms with E-state index < -0.39 is 96.1 Å². The smallest absolute Gasteiger partial charge is 0.422 e. The molecule has 0 atom stereocenters. The number of carbonyl (C=O) groups is 4. The molecule has 0 spiro atoms. The summed E-state index contributed by atoms with van der Waals surface area (Å²) in [6.07, 6.45) is -9.69. The number of nitrogens with zero attached hydrogens (tertiary/aromatic N) is 9. The van der Waals surface area contributed by atoms with E-state index in [2.05, 4.69) is 92.7 Å². The van der Waals surface area contributed by atoms with Gasteiger partial charge < -0.3 is 77.6 Å². The van der Waals surface area contributed by atoms with E-state index in [0.717, 1.165) is 55.2 Å². The van der Waals surface area contributed by atoms with Crippen LogP contribution in [0.4, 0.5) is 97.1 Å². The second-order valence-corrected chi connectivity index (χ2v) is 31.6. The van der Waals surface area contributed by atoms with Gasteiger partial charge in [-0.15, -0.1) is 0 Å². The molecule has 3 aromatic heterocycles. The Morgan fingerprint density at radius 1 is 0.390 bits per heavy atom. The normalized spacial score (nSPS) is 14.3. The van der Waals surface area contributed by atoms with Crippen molar-refractivity contribution in [2.24, 2.45) is 16.6 Å². The molecule has 0 aliphatic heterocycles. The average molecular weight is 1710 g/mol. The van der Waals surface area contributed by atoms with Crippen molar-refractivity contribution in [1.29, 1.82) is 0 Å². The fourth-order valence-electron chi connectivity index (χ4n) is 10.9. The van der Waals surface area contributed by atoms with Gasteiger partial charge in [0.25, 0.3) is 11.8 Å². The summed E-state index contributed by atoms with van der Waals surface area (Å²) >= 11 is 18.0. The lowest BCUT2D eigenvalue weighted by atomic mass is 9.93. The van der Waals surface area contributed by atoms with Crippen molar-refractivity contribution in [3.63, 3.8) is 0 Å². The van der Waals surface area contributed by atoms with E-state index >= 15 is 0 Å².